The Bertz CT molecular complexity index is 943. The first-order valence-electron chi connectivity index (χ1n) is 8.99. The van der Waals surface area contributed by atoms with Crippen molar-refractivity contribution in [3.05, 3.63) is 59.4 Å². The number of carbonyl (C=O) groups is 1. The predicted molar refractivity (Wildman–Crippen MR) is 105 cm³/mol. The zero-order valence-electron chi connectivity index (χ0n) is 16.4. The van der Waals surface area contributed by atoms with E-state index in [4.69, 9.17) is 4.74 Å². The van der Waals surface area contributed by atoms with Crippen molar-refractivity contribution in [2.75, 3.05) is 20.2 Å². The number of nitrogens with one attached hydrogen (secondary N) is 1. The maximum absolute atomic E-state index is 13.9. The molecule has 0 aliphatic carbocycles. The largest absolute Gasteiger partial charge is 0.494 e. The number of carbonyl (C=O) groups excluding carboxylic acids is 1. The molecule has 0 spiro atoms. The summed E-state index contributed by atoms with van der Waals surface area (Å²) < 4.78 is 45.4. The van der Waals surface area contributed by atoms with Crippen molar-refractivity contribution in [2.24, 2.45) is 0 Å². The van der Waals surface area contributed by atoms with Gasteiger partial charge in [-0.3, -0.25) is 4.79 Å². The molecule has 0 aromatic heterocycles. The summed E-state index contributed by atoms with van der Waals surface area (Å²) in [4.78, 5) is 12.6. The Morgan fingerprint density at radius 2 is 1.86 bits per heavy atom. The molecular weight excluding hydrogens is 383 g/mol. The molecule has 0 fully saturated rings. The molecular formula is C20H25FN2O4S. The van der Waals surface area contributed by atoms with Crippen LogP contribution in [-0.4, -0.2) is 38.8 Å². The molecule has 2 rings (SSSR count). The standard InChI is InChI=1S/C20H25FN2O4S/c1-5-23(6-2)28(25,26)17-9-7-8-16(12-17)20(24)22-14(3)15-10-11-19(27-4)18(21)13-15/h7-14H,5-6H2,1-4H3,(H,22,24)/t14-/m0/s1. The number of hydrogen-bond acceptors (Lipinski definition) is 4. The molecule has 0 unspecified atom stereocenters. The molecule has 8 heteroatoms. The second kappa shape index (κ2) is 9.16. The minimum Gasteiger partial charge on any atom is -0.494 e. The average Bonchev–Trinajstić information content (AvgIpc) is 2.68. The number of benzene rings is 2. The van der Waals surface area contributed by atoms with Crippen LogP contribution in [0, 0.1) is 5.82 Å². The molecule has 0 heterocycles. The van der Waals surface area contributed by atoms with Gasteiger partial charge in [0.25, 0.3) is 5.91 Å². The Kier molecular flexibility index (Phi) is 7.15. The molecule has 0 saturated carbocycles. The van der Waals surface area contributed by atoms with Crippen LogP contribution in [0.2, 0.25) is 0 Å². The van der Waals surface area contributed by atoms with Crippen LogP contribution in [0.4, 0.5) is 4.39 Å². The van der Waals surface area contributed by atoms with E-state index >= 15 is 0 Å². The van der Waals surface area contributed by atoms with E-state index in [0.29, 0.717) is 18.7 Å². The number of sulfonamides is 1. The fourth-order valence-electron chi connectivity index (χ4n) is 2.83. The second-order valence-electron chi connectivity index (χ2n) is 6.21. The highest BCUT2D eigenvalue weighted by molar-refractivity contribution is 7.89. The van der Waals surface area contributed by atoms with Gasteiger partial charge in [-0.05, 0) is 42.8 Å². The lowest BCUT2D eigenvalue weighted by atomic mass is 10.1. The molecule has 1 N–H and O–H groups in total. The van der Waals surface area contributed by atoms with Crippen LogP contribution >= 0.6 is 0 Å². The molecule has 28 heavy (non-hydrogen) atoms. The highest BCUT2D eigenvalue weighted by Crippen LogP contribution is 2.22. The van der Waals surface area contributed by atoms with E-state index in [1.807, 2.05) is 0 Å². The highest BCUT2D eigenvalue weighted by atomic mass is 32.2. The van der Waals surface area contributed by atoms with E-state index in [0.717, 1.165) is 0 Å². The lowest BCUT2D eigenvalue weighted by Gasteiger charge is -2.19. The number of methoxy groups -OCH3 is 1. The van der Waals surface area contributed by atoms with Crippen LogP contribution in [0.15, 0.2) is 47.4 Å². The first-order chi connectivity index (χ1) is 13.2. The summed E-state index contributed by atoms with van der Waals surface area (Å²) in [7, 11) is -2.28. The summed E-state index contributed by atoms with van der Waals surface area (Å²) in [5.74, 6) is -0.842. The first kappa shape index (κ1) is 21.8. The van der Waals surface area contributed by atoms with Gasteiger partial charge in [-0.2, -0.15) is 4.31 Å². The van der Waals surface area contributed by atoms with Crippen molar-refractivity contribution in [1.82, 2.24) is 9.62 Å². The van der Waals surface area contributed by atoms with E-state index in [1.54, 1.807) is 26.8 Å². The topological polar surface area (TPSA) is 75.7 Å². The zero-order valence-corrected chi connectivity index (χ0v) is 17.2. The van der Waals surface area contributed by atoms with Crippen LogP contribution in [-0.2, 0) is 10.0 Å². The third-order valence-corrected chi connectivity index (χ3v) is 6.51. The van der Waals surface area contributed by atoms with Crippen molar-refractivity contribution in [3.8, 4) is 5.75 Å². The van der Waals surface area contributed by atoms with Gasteiger partial charge in [-0.25, -0.2) is 12.8 Å². The molecule has 0 radical (unpaired) electrons. The fourth-order valence-corrected chi connectivity index (χ4v) is 4.33. The van der Waals surface area contributed by atoms with E-state index in [9.17, 15) is 17.6 Å². The van der Waals surface area contributed by atoms with Crippen molar-refractivity contribution < 1.29 is 22.3 Å². The van der Waals surface area contributed by atoms with Crippen molar-refractivity contribution >= 4 is 15.9 Å². The van der Waals surface area contributed by atoms with Gasteiger partial charge in [0.1, 0.15) is 0 Å². The lowest BCUT2D eigenvalue weighted by Crippen LogP contribution is -2.31. The van der Waals surface area contributed by atoms with Crippen molar-refractivity contribution in [1.29, 1.82) is 0 Å². The molecule has 6 nitrogen and oxygen atoms in total. The number of hydrogen-bond donors (Lipinski definition) is 1. The number of halogens is 1. The van der Waals surface area contributed by atoms with Gasteiger partial charge in [0.2, 0.25) is 10.0 Å². The zero-order chi connectivity index (χ0) is 20.9. The minimum atomic E-state index is -3.66. The molecule has 0 bridgehead atoms. The number of ether oxygens (including phenoxy) is 1. The SMILES string of the molecule is CCN(CC)S(=O)(=O)c1cccc(C(=O)N[C@@H](C)c2ccc(OC)c(F)c2)c1. The van der Waals surface area contributed by atoms with Crippen LogP contribution in [0.5, 0.6) is 5.75 Å². The highest BCUT2D eigenvalue weighted by Gasteiger charge is 2.23. The van der Waals surface area contributed by atoms with Gasteiger partial charge < -0.3 is 10.1 Å². The molecule has 0 saturated heterocycles. The second-order valence-corrected chi connectivity index (χ2v) is 8.14. The van der Waals surface area contributed by atoms with Crippen LogP contribution < -0.4 is 10.1 Å². The Balaban J connectivity index is 2.22. The normalized spacial score (nSPS) is 12.6. The van der Waals surface area contributed by atoms with Gasteiger partial charge >= 0.3 is 0 Å². The van der Waals surface area contributed by atoms with Gasteiger partial charge in [0.15, 0.2) is 11.6 Å². The molecule has 152 valence electrons. The average molecular weight is 408 g/mol. The molecule has 2 aromatic rings. The third-order valence-electron chi connectivity index (χ3n) is 4.46. The predicted octanol–water partition coefficient (Wildman–Crippen LogP) is 3.36. The van der Waals surface area contributed by atoms with Gasteiger partial charge in [-0.1, -0.05) is 26.0 Å². The monoisotopic (exact) mass is 408 g/mol. The van der Waals surface area contributed by atoms with Crippen molar-refractivity contribution in [3.63, 3.8) is 0 Å². The summed E-state index contributed by atoms with van der Waals surface area (Å²) >= 11 is 0. The Labute approximate surface area is 165 Å². The first-order valence-corrected chi connectivity index (χ1v) is 10.4. The quantitative estimate of drug-likeness (QED) is 0.727. The van der Waals surface area contributed by atoms with E-state index in [1.165, 1.54) is 47.8 Å². The van der Waals surface area contributed by atoms with E-state index in [2.05, 4.69) is 5.32 Å². The Morgan fingerprint density at radius 3 is 2.43 bits per heavy atom. The fraction of sp³-hybridized carbons (Fsp3) is 0.350. The summed E-state index contributed by atoms with van der Waals surface area (Å²) in [6, 6.07) is 9.86. The maximum Gasteiger partial charge on any atom is 0.251 e. The van der Waals surface area contributed by atoms with E-state index < -0.39 is 27.8 Å². The smallest absolute Gasteiger partial charge is 0.251 e. The van der Waals surface area contributed by atoms with Gasteiger partial charge in [0.05, 0.1) is 18.0 Å². The summed E-state index contributed by atoms with van der Waals surface area (Å²) in [6.07, 6.45) is 0. The summed E-state index contributed by atoms with van der Waals surface area (Å²) in [5.41, 5.74) is 0.785. The van der Waals surface area contributed by atoms with Crippen LogP contribution in [0.3, 0.4) is 0 Å². The van der Waals surface area contributed by atoms with Crippen LogP contribution in [0.25, 0.3) is 0 Å². The van der Waals surface area contributed by atoms with Crippen LogP contribution in [0.1, 0.15) is 42.7 Å². The van der Waals surface area contributed by atoms with Crippen molar-refractivity contribution in [2.45, 2.75) is 31.7 Å². The Morgan fingerprint density at radius 1 is 1.18 bits per heavy atom. The summed E-state index contributed by atoms with van der Waals surface area (Å²) in [6.45, 7) is 5.92. The number of rotatable bonds is 8. The Hall–Kier alpha value is -2.45. The maximum atomic E-state index is 13.9. The molecule has 0 aliphatic heterocycles. The number of nitrogens with zero attached hydrogens (tertiary/aromatic N) is 1. The molecule has 2 aromatic carbocycles. The van der Waals surface area contributed by atoms with Gasteiger partial charge in [0, 0.05) is 18.7 Å². The lowest BCUT2D eigenvalue weighted by molar-refractivity contribution is 0.0939. The molecule has 0 aliphatic rings. The third kappa shape index (κ3) is 4.69. The number of amides is 1. The minimum absolute atomic E-state index is 0.0620. The van der Waals surface area contributed by atoms with E-state index in [-0.39, 0.29) is 16.2 Å². The van der Waals surface area contributed by atoms with Gasteiger partial charge in [-0.15, -0.1) is 0 Å². The summed E-state index contributed by atoms with van der Waals surface area (Å²) in [5, 5.41) is 2.76. The molecule has 1 atom stereocenters. The molecule has 1 amide bonds.